The summed E-state index contributed by atoms with van der Waals surface area (Å²) in [5.41, 5.74) is 4.22. The Bertz CT molecular complexity index is 861. The van der Waals surface area contributed by atoms with Crippen LogP contribution in [-0.4, -0.2) is 5.97 Å². The number of carbonyl (C=O) groups is 1. The highest BCUT2D eigenvalue weighted by Gasteiger charge is 2.25. The Hall–Kier alpha value is -1.52. The van der Waals surface area contributed by atoms with Crippen molar-refractivity contribution in [2.75, 3.05) is 0 Å². The molecule has 0 aliphatic carbocycles. The summed E-state index contributed by atoms with van der Waals surface area (Å²) in [7, 11) is 0. The molecule has 0 amide bonds. The van der Waals surface area contributed by atoms with Crippen molar-refractivity contribution in [3.8, 4) is 16.9 Å². The van der Waals surface area contributed by atoms with Gasteiger partial charge in [-0.05, 0) is 55.6 Å². The average molecular weight is 454 g/mol. The van der Waals surface area contributed by atoms with E-state index in [-0.39, 0.29) is 10.8 Å². The SMILES string of the molecule is CC(=O)OOc1ccc(Cl)c(-c2ccc(C(C)(C)C)cc2C(C)(C)C)c1Br. The van der Waals surface area contributed by atoms with Gasteiger partial charge in [0, 0.05) is 17.5 Å². The Labute approximate surface area is 175 Å². The molecule has 0 bridgehead atoms. The van der Waals surface area contributed by atoms with Crippen LogP contribution < -0.4 is 4.89 Å². The van der Waals surface area contributed by atoms with E-state index in [9.17, 15) is 4.79 Å². The standard InChI is InChI=1S/C22H26BrClO3/c1-13(25)26-27-18-11-10-17(24)19(20(18)23)15-9-8-14(21(2,3)4)12-16(15)22(5,6)7/h8-12H,1-7H3. The van der Waals surface area contributed by atoms with E-state index < -0.39 is 5.97 Å². The van der Waals surface area contributed by atoms with Gasteiger partial charge in [-0.2, -0.15) is 0 Å². The normalized spacial score (nSPS) is 12.0. The summed E-state index contributed by atoms with van der Waals surface area (Å²) >= 11 is 10.1. The van der Waals surface area contributed by atoms with E-state index in [1.54, 1.807) is 12.1 Å². The molecule has 0 saturated heterocycles. The van der Waals surface area contributed by atoms with Gasteiger partial charge in [-0.3, -0.25) is 9.78 Å². The first-order chi connectivity index (χ1) is 12.3. The van der Waals surface area contributed by atoms with Crippen molar-refractivity contribution in [1.29, 1.82) is 0 Å². The topological polar surface area (TPSA) is 35.5 Å². The third kappa shape index (κ3) is 5.05. The lowest BCUT2D eigenvalue weighted by atomic mass is 9.77. The molecule has 0 fully saturated rings. The molecule has 0 heterocycles. The number of hydrogen-bond donors (Lipinski definition) is 0. The fraction of sp³-hybridized carbons (Fsp3) is 0.409. The molecule has 0 radical (unpaired) electrons. The largest absolute Gasteiger partial charge is 0.352 e. The maximum atomic E-state index is 11.1. The smallest absolute Gasteiger partial charge is 0.286 e. The predicted octanol–water partition coefficient (Wildman–Crippen LogP) is 7.22. The molecule has 2 aromatic carbocycles. The summed E-state index contributed by atoms with van der Waals surface area (Å²) < 4.78 is 0.644. The fourth-order valence-electron chi connectivity index (χ4n) is 2.80. The summed E-state index contributed by atoms with van der Waals surface area (Å²) in [6.07, 6.45) is 0. The van der Waals surface area contributed by atoms with E-state index in [1.165, 1.54) is 18.1 Å². The number of hydrogen-bond acceptors (Lipinski definition) is 3. The van der Waals surface area contributed by atoms with Crippen LogP contribution in [0, 0.1) is 0 Å². The average Bonchev–Trinajstić information content (AvgIpc) is 2.52. The molecule has 5 heteroatoms. The van der Waals surface area contributed by atoms with Crippen molar-refractivity contribution >= 4 is 33.5 Å². The van der Waals surface area contributed by atoms with E-state index >= 15 is 0 Å². The summed E-state index contributed by atoms with van der Waals surface area (Å²) in [6, 6.07) is 9.89. The molecule has 0 N–H and O–H groups in total. The minimum absolute atomic E-state index is 0.0415. The molecule has 0 aliphatic heterocycles. The Balaban J connectivity index is 2.70. The molecule has 2 rings (SSSR count). The van der Waals surface area contributed by atoms with Crippen LogP contribution >= 0.6 is 27.5 Å². The van der Waals surface area contributed by atoms with E-state index in [1.807, 2.05) is 0 Å². The number of halogens is 2. The van der Waals surface area contributed by atoms with Crippen LogP contribution in [-0.2, 0) is 20.5 Å². The molecule has 0 saturated carbocycles. The van der Waals surface area contributed by atoms with E-state index in [0.29, 0.717) is 15.2 Å². The molecule has 0 aliphatic rings. The molecular formula is C22H26BrClO3. The summed E-state index contributed by atoms with van der Waals surface area (Å²) in [5.74, 6) is -0.132. The minimum atomic E-state index is -0.525. The van der Waals surface area contributed by atoms with Crippen molar-refractivity contribution < 1.29 is 14.6 Å². The number of rotatable bonds is 3. The molecule has 146 valence electrons. The molecule has 0 aromatic heterocycles. The van der Waals surface area contributed by atoms with Crippen molar-refractivity contribution in [3.05, 3.63) is 51.0 Å². The Morgan fingerprint density at radius 3 is 2.15 bits per heavy atom. The van der Waals surface area contributed by atoms with Gasteiger partial charge in [-0.1, -0.05) is 71.3 Å². The highest BCUT2D eigenvalue weighted by atomic mass is 79.9. The molecule has 3 nitrogen and oxygen atoms in total. The second-order valence-corrected chi connectivity index (χ2v) is 9.85. The third-order valence-electron chi connectivity index (χ3n) is 4.27. The Kier molecular flexibility index (Phi) is 6.33. The summed E-state index contributed by atoms with van der Waals surface area (Å²) in [6.45, 7) is 14.4. The molecule has 0 atom stereocenters. The Morgan fingerprint density at radius 1 is 1.00 bits per heavy atom. The first-order valence-corrected chi connectivity index (χ1v) is 9.98. The second kappa shape index (κ2) is 7.84. The van der Waals surface area contributed by atoms with Crippen LogP contribution in [0.3, 0.4) is 0 Å². The molecule has 27 heavy (non-hydrogen) atoms. The molecular weight excluding hydrogens is 428 g/mol. The zero-order valence-electron chi connectivity index (χ0n) is 16.9. The minimum Gasteiger partial charge on any atom is -0.286 e. The van der Waals surface area contributed by atoms with Gasteiger partial charge in [0.2, 0.25) is 0 Å². The first-order valence-electron chi connectivity index (χ1n) is 8.81. The summed E-state index contributed by atoms with van der Waals surface area (Å²) in [4.78, 5) is 20.9. The monoisotopic (exact) mass is 452 g/mol. The summed E-state index contributed by atoms with van der Waals surface area (Å²) in [5, 5.41) is 0.589. The van der Waals surface area contributed by atoms with Gasteiger partial charge in [0.25, 0.3) is 0 Å². The van der Waals surface area contributed by atoms with Crippen LogP contribution in [0.15, 0.2) is 34.8 Å². The third-order valence-corrected chi connectivity index (χ3v) is 5.37. The lowest BCUT2D eigenvalue weighted by Gasteiger charge is -2.28. The molecule has 2 aromatic rings. The van der Waals surface area contributed by atoms with Crippen molar-refractivity contribution in [2.45, 2.75) is 59.3 Å². The van der Waals surface area contributed by atoms with Gasteiger partial charge in [0.15, 0.2) is 5.75 Å². The van der Waals surface area contributed by atoms with E-state index in [0.717, 1.165) is 11.1 Å². The van der Waals surface area contributed by atoms with Gasteiger partial charge in [-0.15, -0.1) is 0 Å². The van der Waals surface area contributed by atoms with Crippen LogP contribution in [0.5, 0.6) is 5.75 Å². The quantitative estimate of drug-likeness (QED) is 0.363. The fourth-order valence-corrected chi connectivity index (χ4v) is 3.80. The van der Waals surface area contributed by atoms with Crippen molar-refractivity contribution in [1.82, 2.24) is 0 Å². The van der Waals surface area contributed by atoms with Gasteiger partial charge >= 0.3 is 5.97 Å². The number of benzene rings is 2. The van der Waals surface area contributed by atoms with Gasteiger partial charge < -0.3 is 0 Å². The zero-order chi connectivity index (χ0) is 20.6. The molecule has 0 spiro atoms. The zero-order valence-corrected chi connectivity index (χ0v) is 19.2. The van der Waals surface area contributed by atoms with Crippen LogP contribution in [0.4, 0.5) is 0 Å². The van der Waals surface area contributed by atoms with Crippen LogP contribution in [0.2, 0.25) is 5.02 Å². The van der Waals surface area contributed by atoms with Gasteiger partial charge in [-0.25, -0.2) is 4.79 Å². The van der Waals surface area contributed by atoms with E-state index in [4.69, 9.17) is 16.5 Å². The van der Waals surface area contributed by atoms with Crippen molar-refractivity contribution in [2.24, 2.45) is 0 Å². The maximum Gasteiger partial charge on any atom is 0.352 e. The maximum absolute atomic E-state index is 11.1. The second-order valence-electron chi connectivity index (χ2n) is 8.65. The van der Waals surface area contributed by atoms with E-state index in [2.05, 4.69) is 80.6 Å². The van der Waals surface area contributed by atoms with Crippen molar-refractivity contribution in [3.63, 3.8) is 0 Å². The predicted molar refractivity (Wildman–Crippen MR) is 114 cm³/mol. The lowest BCUT2D eigenvalue weighted by molar-refractivity contribution is -0.211. The first kappa shape index (κ1) is 21.8. The van der Waals surface area contributed by atoms with Crippen LogP contribution in [0.1, 0.15) is 59.6 Å². The number of carbonyl (C=O) groups excluding carboxylic acids is 1. The highest BCUT2D eigenvalue weighted by Crippen LogP contribution is 2.45. The highest BCUT2D eigenvalue weighted by molar-refractivity contribution is 9.10. The van der Waals surface area contributed by atoms with Gasteiger partial charge in [0.1, 0.15) is 0 Å². The Morgan fingerprint density at radius 2 is 1.63 bits per heavy atom. The molecule has 0 unspecified atom stereocenters. The van der Waals surface area contributed by atoms with Crippen LogP contribution in [0.25, 0.3) is 11.1 Å². The lowest BCUT2D eigenvalue weighted by Crippen LogP contribution is -2.17. The van der Waals surface area contributed by atoms with Gasteiger partial charge in [0.05, 0.1) is 4.47 Å².